The minimum Gasteiger partial charge on any atom is -0.544 e. The van der Waals surface area contributed by atoms with Gasteiger partial charge in [-0.05, 0) is 51.3 Å². The zero-order valence-corrected chi connectivity index (χ0v) is 15.0. The van der Waals surface area contributed by atoms with Crippen molar-refractivity contribution in [2.45, 2.75) is 65.5 Å². The van der Waals surface area contributed by atoms with Crippen LogP contribution < -0.4 is 0 Å². The lowest BCUT2D eigenvalue weighted by molar-refractivity contribution is 0.348. The molecule has 104 valence electrons. The van der Waals surface area contributed by atoms with Gasteiger partial charge in [-0.3, -0.25) is 0 Å². The Hall–Kier alpha value is -0.486. The summed E-state index contributed by atoms with van der Waals surface area (Å²) >= 11 is 0. The van der Waals surface area contributed by atoms with Gasteiger partial charge in [0.25, 0.3) is 0 Å². The van der Waals surface area contributed by atoms with Crippen molar-refractivity contribution in [1.82, 2.24) is 0 Å². The first kappa shape index (κ1) is 15.6. The van der Waals surface area contributed by atoms with Gasteiger partial charge in [-0.1, -0.05) is 19.4 Å². The van der Waals surface area contributed by atoms with Gasteiger partial charge in [0.2, 0.25) is 16.6 Å². The molecule has 1 rings (SSSR count). The number of hydrogen-bond acceptors (Lipinski definition) is 2. The Kier molecular flexibility index (Phi) is 4.89. The average Bonchev–Trinajstić information content (AvgIpc) is 2.46. The van der Waals surface area contributed by atoms with Gasteiger partial charge in [-0.25, -0.2) is 0 Å². The molecule has 2 nitrogen and oxygen atoms in total. The number of allylic oxidation sites excluding steroid dienone is 2. The molecule has 0 radical (unpaired) electrons. The molecule has 0 amide bonds. The largest absolute Gasteiger partial charge is 0.544 e. The molecular formula is C14H28O2Si2. The lowest BCUT2D eigenvalue weighted by Crippen LogP contribution is -2.28. The standard InChI is InChI=1S/C14H28O2Si2/c1-8-9-12-10-11-13(15-17(2,3)4)14(12)16-18(5,6)7/h10H,8-9,11H2,1-7H3. The van der Waals surface area contributed by atoms with Crippen LogP contribution in [0.3, 0.4) is 0 Å². The van der Waals surface area contributed by atoms with Crippen LogP contribution >= 0.6 is 0 Å². The van der Waals surface area contributed by atoms with Crippen LogP contribution in [0.2, 0.25) is 39.3 Å². The summed E-state index contributed by atoms with van der Waals surface area (Å²) in [5.74, 6) is 2.15. The highest BCUT2D eigenvalue weighted by atomic mass is 28.4. The summed E-state index contributed by atoms with van der Waals surface area (Å²) in [5.41, 5.74) is 1.35. The fourth-order valence-corrected chi connectivity index (χ4v) is 3.72. The Morgan fingerprint density at radius 2 is 1.56 bits per heavy atom. The third-order valence-electron chi connectivity index (χ3n) is 2.44. The van der Waals surface area contributed by atoms with E-state index in [-0.39, 0.29) is 0 Å². The van der Waals surface area contributed by atoms with Crippen molar-refractivity contribution in [1.29, 1.82) is 0 Å². The van der Waals surface area contributed by atoms with E-state index in [4.69, 9.17) is 8.85 Å². The molecule has 1 aliphatic rings. The van der Waals surface area contributed by atoms with Crippen LogP contribution in [0.25, 0.3) is 0 Å². The highest BCUT2D eigenvalue weighted by Crippen LogP contribution is 2.34. The molecule has 0 aromatic carbocycles. The molecule has 0 fully saturated rings. The molecular weight excluding hydrogens is 256 g/mol. The summed E-state index contributed by atoms with van der Waals surface area (Å²) in [7, 11) is -3.12. The first-order valence-electron chi connectivity index (χ1n) is 6.93. The van der Waals surface area contributed by atoms with E-state index < -0.39 is 16.6 Å². The van der Waals surface area contributed by atoms with Crippen LogP contribution in [0.15, 0.2) is 23.2 Å². The molecule has 1 aliphatic carbocycles. The van der Waals surface area contributed by atoms with Crippen molar-refractivity contribution in [3.8, 4) is 0 Å². The topological polar surface area (TPSA) is 18.5 Å². The lowest BCUT2D eigenvalue weighted by atomic mass is 10.1. The van der Waals surface area contributed by atoms with Gasteiger partial charge in [0, 0.05) is 6.42 Å². The van der Waals surface area contributed by atoms with Gasteiger partial charge in [0.05, 0.1) is 0 Å². The smallest absolute Gasteiger partial charge is 0.242 e. The Balaban J connectivity index is 2.94. The molecule has 0 N–H and O–H groups in total. The van der Waals surface area contributed by atoms with Crippen molar-refractivity contribution in [2.24, 2.45) is 0 Å². The highest BCUT2D eigenvalue weighted by molar-refractivity contribution is 6.70. The monoisotopic (exact) mass is 284 g/mol. The van der Waals surface area contributed by atoms with E-state index in [1.165, 1.54) is 5.57 Å². The maximum atomic E-state index is 6.27. The summed E-state index contributed by atoms with van der Waals surface area (Å²) in [4.78, 5) is 0. The van der Waals surface area contributed by atoms with E-state index in [1.54, 1.807) is 0 Å². The molecule has 0 spiro atoms. The number of hydrogen-bond donors (Lipinski definition) is 0. The van der Waals surface area contributed by atoms with E-state index in [2.05, 4.69) is 52.3 Å². The van der Waals surface area contributed by atoms with Gasteiger partial charge in [-0.2, -0.15) is 0 Å². The first-order valence-corrected chi connectivity index (χ1v) is 13.7. The third-order valence-corrected chi connectivity index (χ3v) is 4.11. The average molecular weight is 285 g/mol. The van der Waals surface area contributed by atoms with Crippen molar-refractivity contribution >= 4 is 16.6 Å². The Morgan fingerprint density at radius 3 is 2.00 bits per heavy atom. The summed E-state index contributed by atoms with van der Waals surface area (Å²) in [6.45, 7) is 15.6. The maximum absolute atomic E-state index is 6.27. The van der Waals surface area contributed by atoms with E-state index in [0.717, 1.165) is 30.8 Å². The van der Waals surface area contributed by atoms with Gasteiger partial charge >= 0.3 is 0 Å². The summed E-state index contributed by atoms with van der Waals surface area (Å²) in [6, 6.07) is 0. The van der Waals surface area contributed by atoms with Gasteiger partial charge < -0.3 is 8.85 Å². The molecule has 0 heterocycles. The fourth-order valence-electron chi connectivity index (χ4n) is 1.95. The van der Waals surface area contributed by atoms with Crippen LogP contribution in [-0.4, -0.2) is 16.6 Å². The molecule has 0 unspecified atom stereocenters. The fraction of sp³-hybridized carbons (Fsp3) is 0.714. The molecule has 0 saturated heterocycles. The van der Waals surface area contributed by atoms with Crippen molar-refractivity contribution in [3.05, 3.63) is 23.2 Å². The molecule has 0 aromatic heterocycles. The molecule has 0 aliphatic heterocycles. The van der Waals surface area contributed by atoms with Crippen LogP contribution in [-0.2, 0) is 8.85 Å². The van der Waals surface area contributed by atoms with E-state index in [1.807, 2.05) is 0 Å². The van der Waals surface area contributed by atoms with E-state index in [0.29, 0.717) is 0 Å². The van der Waals surface area contributed by atoms with E-state index >= 15 is 0 Å². The third kappa shape index (κ3) is 5.02. The van der Waals surface area contributed by atoms with Crippen LogP contribution in [0, 0.1) is 0 Å². The van der Waals surface area contributed by atoms with Crippen molar-refractivity contribution in [3.63, 3.8) is 0 Å². The Morgan fingerprint density at radius 1 is 1.00 bits per heavy atom. The number of rotatable bonds is 6. The molecule has 4 heteroatoms. The van der Waals surface area contributed by atoms with Crippen LogP contribution in [0.1, 0.15) is 26.2 Å². The Labute approximate surface area is 114 Å². The second-order valence-electron chi connectivity index (χ2n) is 6.86. The van der Waals surface area contributed by atoms with Crippen LogP contribution in [0.4, 0.5) is 0 Å². The molecule has 18 heavy (non-hydrogen) atoms. The van der Waals surface area contributed by atoms with Gasteiger partial charge in [-0.15, -0.1) is 0 Å². The van der Waals surface area contributed by atoms with Gasteiger partial charge in [0.15, 0.2) is 0 Å². The summed E-state index contributed by atoms with van der Waals surface area (Å²) in [5, 5.41) is 0. The van der Waals surface area contributed by atoms with Crippen LogP contribution in [0.5, 0.6) is 0 Å². The molecule has 0 saturated carbocycles. The zero-order valence-electron chi connectivity index (χ0n) is 13.0. The molecule has 0 aromatic rings. The maximum Gasteiger partial charge on any atom is 0.242 e. The zero-order chi connectivity index (χ0) is 14.0. The van der Waals surface area contributed by atoms with Crippen molar-refractivity contribution in [2.75, 3.05) is 0 Å². The second-order valence-corrected chi connectivity index (χ2v) is 15.7. The van der Waals surface area contributed by atoms with E-state index in [9.17, 15) is 0 Å². The van der Waals surface area contributed by atoms with Crippen molar-refractivity contribution < 1.29 is 8.85 Å². The normalized spacial score (nSPS) is 16.9. The first-order chi connectivity index (χ1) is 8.12. The minimum absolute atomic E-state index is 0.916. The highest BCUT2D eigenvalue weighted by Gasteiger charge is 2.29. The quantitative estimate of drug-likeness (QED) is 0.637. The lowest BCUT2D eigenvalue weighted by Gasteiger charge is -2.26. The molecule has 0 atom stereocenters. The molecule has 0 bridgehead atoms. The summed E-state index contributed by atoms with van der Waals surface area (Å²) in [6.07, 6.45) is 5.46. The summed E-state index contributed by atoms with van der Waals surface area (Å²) < 4.78 is 12.5. The second kappa shape index (κ2) is 5.65. The van der Waals surface area contributed by atoms with Gasteiger partial charge in [0.1, 0.15) is 11.5 Å². The minimum atomic E-state index is -1.57. The predicted molar refractivity (Wildman–Crippen MR) is 83.5 cm³/mol. The Bertz CT molecular complexity index is 357. The SMILES string of the molecule is CCCC1=CCC(O[Si](C)(C)C)=C1O[Si](C)(C)C. The predicted octanol–water partition coefficient (Wildman–Crippen LogP) is 5.03.